The molecule has 0 unspecified atom stereocenters. The van der Waals surface area contributed by atoms with Crippen molar-refractivity contribution >= 4 is 0 Å². The van der Waals surface area contributed by atoms with Crippen molar-refractivity contribution in [1.82, 2.24) is 5.32 Å². The molecule has 2 heteroatoms. The molecule has 0 aromatic carbocycles. The smallest absolute Gasteiger partial charge is 0.0590 e. The molecule has 15 heavy (non-hydrogen) atoms. The summed E-state index contributed by atoms with van der Waals surface area (Å²) in [5.74, 6) is 1.79. The highest BCUT2D eigenvalue weighted by atomic mass is 16.5. The van der Waals surface area contributed by atoms with Gasteiger partial charge in [-0.25, -0.2) is 0 Å². The molecule has 1 saturated carbocycles. The van der Waals surface area contributed by atoms with Gasteiger partial charge in [-0.2, -0.15) is 0 Å². The Balaban J connectivity index is 1.69. The third-order valence-corrected chi connectivity index (χ3v) is 3.22. The SMILES string of the molecule is CC(C)CCOCCNCCC1CCC1. The predicted octanol–water partition coefficient (Wildman–Crippen LogP) is 2.83. The van der Waals surface area contributed by atoms with Gasteiger partial charge in [-0.05, 0) is 31.2 Å². The van der Waals surface area contributed by atoms with Crippen molar-refractivity contribution in [2.24, 2.45) is 11.8 Å². The zero-order valence-electron chi connectivity index (χ0n) is 10.4. The second kappa shape index (κ2) is 8.12. The van der Waals surface area contributed by atoms with Crippen LogP contribution < -0.4 is 5.32 Å². The number of nitrogens with one attached hydrogen (secondary N) is 1. The van der Waals surface area contributed by atoms with E-state index in [1.54, 1.807) is 0 Å². The lowest BCUT2D eigenvalue weighted by Gasteiger charge is -2.25. The quantitative estimate of drug-likeness (QED) is 0.595. The Bertz CT molecular complexity index is 143. The fourth-order valence-corrected chi connectivity index (χ4v) is 1.78. The first-order chi connectivity index (χ1) is 7.29. The normalized spacial score (nSPS) is 17.0. The summed E-state index contributed by atoms with van der Waals surface area (Å²) in [7, 11) is 0. The third kappa shape index (κ3) is 6.91. The second-order valence-electron chi connectivity index (χ2n) is 5.13. The van der Waals surface area contributed by atoms with Gasteiger partial charge in [0.05, 0.1) is 6.61 Å². The molecule has 0 atom stereocenters. The van der Waals surface area contributed by atoms with E-state index < -0.39 is 0 Å². The summed E-state index contributed by atoms with van der Waals surface area (Å²) < 4.78 is 5.53. The molecule has 0 heterocycles. The van der Waals surface area contributed by atoms with Gasteiger partial charge in [-0.1, -0.05) is 33.1 Å². The summed E-state index contributed by atoms with van der Waals surface area (Å²) in [6, 6.07) is 0. The van der Waals surface area contributed by atoms with Crippen LogP contribution in [0.5, 0.6) is 0 Å². The molecular formula is C13H27NO. The Morgan fingerprint density at radius 3 is 2.60 bits per heavy atom. The fourth-order valence-electron chi connectivity index (χ4n) is 1.78. The first-order valence-corrected chi connectivity index (χ1v) is 6.57. The number of hydrogen-bond donors (Lipinski definition) is 1. The lowest BCUT2D eigenvalue weighted by Crippen LogP contribution is -2.24. The summed E-state index contributed by atoms with van der Waals surface area (Å²) >= 11 is 0. The minimum Gasteiger partial charge on any atom is -0.380 e. The summed E-state index contributed by atoms with van der Waals surface area (Å²) in [6.07, 6.45) is 6.94. The number of ether oxygens (including phenoxy) is 1. The molecule has 0 radical (unpaired) electrons. The molecule has 0 saturated heterocycles. The van der Waals surface area contributed by atoms with Gasteiger partial charge in [-0.15, -0.1) is 0 Å². The van der Waals surface area contributed by atoms with Crippen molar-refractivity contribution < 1.29 is 4.74 Å². The Morgan fingerprint density at radius 2 is 2.00 bits per heavy atom. The summed E-state index contributed by atoms with van der Waals surface area (Å²) in [6.45, 7) is 8.46. The van der Waals surface area contributed by atoms with Crippen molar-refractivity contribution in [3.8, 4) is 0 Å². The molecule has 0 aromatic heterocycles. The van der Waals surface area contributed by atoms with E-state index >= 15 is 0 Å². The zero-order chi connectivity index (χ0) is 10.9. The van der Waals surface area contributed by atoms with Gasteiger partial charge in [0.25, 0.3) is 0 Å². The van der Waals surface area contributed by atoms with Crippen LogP contribution in [0.2, 0.25) is 0 Å². The minimum absolute atomic E-state index is 0.761. The zero-order valence-corrected chi connectivity index (χ0v) is 10.4. The predicted molar refractivity (Wildman–Crippen MR) is 65.1 cm³/mol. The largest absolute Gasteiger partial charge is 0.380 e. The topological polar surface area (TPSA) is 21.3 Å². The molecular weight excluding hydrogens is 186 g/mol. The molecule has 0 bridgehead atoms. The first-order valence-electron chi connectivity index (χ1n) is 6.57. The third-order valence-electron chi connectivity index (χ3n) is 3.22. The van der Waals surface area contributed by atoms with E-state index in [0.29, 0.717) is 0 Å². The number of hydrogen-bond acceptors (Lipinski definition) is 2. The molecule has 0 spiro atoms. The van der Waals surface area contributed by atoms with Crippen LogP contribution in [0.25, 0.3) is 0 Å². The summed E-state index contributed by atoms with van der Waals surface area (Å²) in [5, 5.41) is 3.45. The molecule has 1 aliphatic carbocycles. The van der Waals surface area contributed by atoms with E-state index in [4.69, 9.17) is 4.74 Å². The Morgan fingerprint density at radius 1 is 1.20 bits per heavy atom. The van der Waals surface area contributed by atoms with Crippen LogP contribution in [0.4, 0.5) is 0 Å². The van der Waals surface area contributed by atoms with Crippen LogP contribution in [0.1, 0.15) is 46.0 Å². The highest BCUT2D eigenvalue weighted by Crippen LogP contribution is 2.28. The van der Waals surface area contributed by atoms with Gasteiger partial charge in [0.2, 0.25) is 0 Å². The van der Waals surface area contributed by atoms with Crippen LogP contribution in [0.15, 0.2) is 0 Å². The van der Waals surface area contributed by atoms with Gasteiger partial charge in [0.15, 0.2) is 0 Å². The number of rotatable bonds is 9. The van der Waals surface area contributed by atoms with Gasteiger partial charge in [0.1, 0.15) is 0 Å². The average Bonchev–Trinajstić information content (AvgIpc) is 2.12. The van der Waals surface area contributed by atoms with Gasteiger partial charge in [0, 0.05) is 13.2 Å². The Kier molecular flexibility index (Phi) is 7.03. The monoisotopic (exact) mass is 213 g/mol. The Labute approximate surface area is 94.8 Å². The van der Waals surface area contributed by atoms with Crippen LogP contribution in [-0.4, -0.2) is 26.3 Å². The van der Waals surface area contributed by atoms with E-state index in [1.165, 1.54) is 38.6 Å². The van der Waals surface area contributed by atoms with Crippen LogP contribution in [0, 0.1) is 11.8 Å². The highest BCUT2D eigenvalue weighted by Gasteiger charge is 2.15. The molecule has 1 aliphatic rings. The standard InChI is InChI=1S/C13H27NO/c1-12(2)7-10-15-11-9-14-8-6-13-4-3-5-13/h12-14H,3-11H2,1-2H3. The van der Waals surface area contributed by atoms with Gasteiger partial charge in [-0.3, -0.25) is 0 Å². The van der Waals surface area contributed by atoms with Crippen molar-refractivity contribution in [3.05, 3.63) is 0 Å². The fraction of sp³-hybridized carbons (Fsp3) is 1.00. The van der Waals surface area contributed by atoms with E-state index in [2.05, 4.69) is 19.2 Å². The van der Waals surface area contributed by atoms with E-state index in [9.17, 15) is 0 Å². The van der Waals surface area contributed by atoms with E-state index in [0.717, 1.165) is 31.6 Å². The Hall–Kier alpha value is -0.0800. The van der Waals surface area contributed by atoms with Crippen LogP contribution in [0.3, 0.4) is 0 Å². The summed E-state index contributed by atoms with van der Waals surface area (Å²) in [4.78, 5) is 0. The van der Waals surface area contributed by atoms with Crippen molar-refractivity contribution in [2.75, 3.05) is 26.3 Å². The molecule has 2 nitrogen and oxygen atoms in total. The van der Waals surface area contributed by atoms with E-state index in [-0.39, 0.29) is 0 Å². The molecule has 1 N–H and O–H groups in total. The second-order valence-corrected chi connectivity index (χ2v) is 5.13. The molecule has 90 valence electrons. The molecule has 1 rings (SSSR count). The lowest BCUT2D eigenvalue weighted by molar-refractivity contribution is 0.124. The van der Waals surface area contributed by atoms with E-state index in [1.807, 2.05) is 0 Å². The molecule has 0 aromatic rings. The average molecular weight is 213 g/mol. The summed E-state index contributed by atoms with van der Waals surface area (Å²) in [5.41, 5.74) is 0. The molecule has 0 aliphatic heterocycles. The maximum atomic E-state index is 5.53. The maximum Gasteiger partial charge on any atom is 0.0590 e. The first kappa shape index (κ1) is 13.0. The van der Waals surface area contributed by atoms with Crippen molar-refractivity contribution in [3.63, 3.8) is 0 Å². The van der Waals surface area contributed by atoms with Gasteiger partial charge < -0.3 is 10.1 Å². The highest BCUT2D eigenvalue weighted by molar-refractivity contribution is 4.70. The molecule has 1 fully saturated rings. The maximum absolute atomic E-state index is 5.53. The van der Waals surface area contributed by atoms with Crippen LogP contribution in [-0.2, 0) is 4.74 Å². The van der Waals surface area contributed by atoms with Gasteiger partial charge >= 0.3 is 0 Å². The minimum atomic E-state index is 0.761. The molecule has 0 amide bonds. The lowest BCUT2D eigenvalue weighted by atomic mass is 9.83. The van der Waals surface area contributed by atoms with Crippen molar-refractivity contribution in [1.29, 1.82) is 0 Å². The van der Waals surface area contributed by atoms with Crippen LogP contribution >= 0.6 is 0 Å². The van der Waals surface area contributed by atoms with Crippen molar-refractivity contribution in [2.45, 2.75) is 46.0 Å².